The van der Waals surface area contributed by atoms with Crippen molar-refractivity contribution in [1.82, 2.24) is 9.88 Å². The SMILES string of the molecule is O=C1C(c2ccccc2)=C(c2ccccc2)/C(=C/c2ccccc2)N1Cc1ccccn1. The fourth-order valence-corrected chi connectivity index (χ4v) is 4.05. The highest BCUT2D eigenvalue weighted by Crippen LogP contribution is 2.43. The van der Waals surface area contributed by atoms with E-state index < -0.39 is 0 Å². The summed E-state index contributed by atoms with van der Waals surface area (Å²) in [6.07, 6.45) is 3.86. The second-order valence-corrected chi connectivity index (χ2v) is 7.63. The van der Waals surface area contributed by atoms with Gasteiger partial charge in [-0.05, 0) is 34.9 Å². The van der Waals surface area contributed by atoms with Crippen LogP contribution in [0.4, 0.5) is 0 Å². The molecule has 0 atom stereocenters. The number of carbonyl (C=O) groups is 1. The first-order valence-corrected chi connectivity index (χ1v) is 10.7. The number of hydrogen-bond acceptors (Lipinski definition) is 2. The zero-order valence-electron chi connectivity index (χ0n) is 17.6. The lowest BCUT2D eigenvalue weighted by molar-refractivity contribution is -0.122. The number of aromatic nitrogens is 1. The van der Waals surface area contributed by atoms with E-state index in [-0.39, 0.29) is 5.91 Å². The summed E-state index contributed by atoms with van der Waals surface area (Å²) >= 11 is 0. The van der Waals surface area contributed by atoms with Crippen LogP contribution >= 0.6 is 0 Å². The average molecular weight is 415 g/mol. The molecule has 3 aromatic carbocycles. The fourth-order valence-electron chi connectivity index (χ4n) is 4.05. The Balaban J connectivity index is 1.73. The minimum atomic E-state index is -0.0112. The molecule has 1 amide bonds. The van der Waals surface area contributed by atoms with Gasteiger partial charge in [0.05, 0.1) is 23.5 Å². The Labute approximate surface area is 188 Å². The molecule has 0 saturated heterocycles. The number of nitrogens with zero attached hydrogens (tertiary/aromatic N) is 2. The van der Waals surface area contributed by atoms with Gasteiger partial charge in [-0.1, -0.05) is 97.1 Å². The van der Waals surface area contributed by atoms with E-state index in [1.165, 1.54) is 0 Å². The molecule has 0 saturated carbocycles. The Kier molecular flexibility index (Phi) is 5.46. The number of allylic oxidation sites excluding steroid dienone is 1. The molecule has 154 valence electrons. The molecule has 0 unspecified atom stereocenters. The molecule has 4 aromatic rings. The predicted molar refractivity (Wildman–Crippen MR) is 129 cm³/mol. The molecular formula is C29H22N2O. The smallest absolute Gasteiger partial charge is 0.259 e. The van der Waals surface area contributed by atoms with Crippen LogP contribution in [0, 0.1) is 0 Å². The van der Waals surface area contributed by atoms with E-state index in [9.17, 15) is 4.79 Å². The highest BCUT2D eigenvalue weighted by molar-refractivity contribution is 6.34. The Morgan fingerprint density at radius 3 is 1.81 bits per heavy atom. The molecule has 0 fully saturated rings. The Bertz CT molecular complexity index is 1280. The highest BCUT2D eigenvalue weighted by Gasteiger charge is 2.36. The number of amides is 1. The number of rotatable bonds is 5. The van der Waals surface area contributed by atoms with E-state index in [0.29, 0.717) is 6.54 Å². The third-order valence-corrected chi connectivity index (χ3v) is 5.53. The molecule has 32 heavy (non-hydrogen) atoms. The van der Waals surface area contributed by atoms with Crippen molar-refractivity contribution in [2.45, 2.75) is 6.54 Å². The molecule has 0 spiro atoms. The highest BCUT2D eigenvalue weighted by atomic mass is 16.2. The summed E-state index contributed by atoms with van der Waals surface area (Å²) in [5.74, 6) is -0.0112. The number of pyridine rings is 1. The molecule has 0 aliphatic carbocycles. The third kappa shape index (κ3) is 3.88. The summed E-state index contributed by atoms with van der Waals surface area (Å²) in [4.78, 5) is 20.2. The lowest BCUT2D eigenvalue weighted by Gasteiger charge is -2.20. The zero-order chi connectivity index (χ0) is 21.8. The summed E-state index contributed by atoms with van der Waals surface area (Å²) in [6.45, 7) is 0.408. The van der Waals surface area contributed by atoms with Gasteiger partial charge in [-0.2, -0.15) is 0 Å². The minimum absolute atomic E-state index is 0.0112. The second-order valence-electron chi connectivity index (χ2n) is 7.63. The van der Waals surface area contributed by atoms with E-state index in [4.69, 9.17) is 0 Å². The van der Waals surface area contributed by atoms with Gasteiger partial charge in [0.1, 0.15) is 0 Å². The summed E-state index contributed by atoms with van der Waals surface area (Å²) < 4.78 is 0. The quantitative estimate of drug-likeness (QED) is 0.397. The van der Waals surface area contributed by atoms with Gasteiger partial charge in [0.15, 0.2) is 0 Å². The summed E-state index contributed by atoms with van der Waals surface area (Å²) in [7, 11) is 0. The van der Waals surface area contributed by atoms with Crippen molar-refractivity contribution < 1.29 is 4.79 Å². The Hall–Kier alpha value is -4.24. The number of carbonyl (C=O) groups excluding carboxylic acids is 1. The molecule has 0 radical (unpaired) electrons. The second kappa shape index (κ2) is 8.86. The molecule has 0 N–H and O–H groups in total. The van der Waals surface area contributed by atoms with E-state index in [0.717, 1.165) is 39.2 Å². The van der Waals surface area contributed by atoms with Gasteiger partial charge in [-0.3, -0.25) is 9.78 Å². The summed E-state index contributed by atoms with van der Waals surface area (Å²) in [5, 5.41) is 0. The summed E-state index contributed by atoms with van der Waals surface area (Å²) in [5.41, 5.74) is 6.38. The predicted octanol–water partition coefficient (Wildman–Crippen LogP) is 6.08. The molecule has 2 heterocycles. The first-order valence-electron chi connectivity index (χ1n) is 10.7. The van der Waals surface area contributed by atoms with Gasteiger partial charge in [0, 0.05) is 11.8 Å². The van der Waals surface area contributed by atoms with Crippen LogP contribution in [0.25, 0.3) is 17.2 Å². The normalized spacial score (nSPS) is 14.9. The summed E-state index contributed by atoms with van der Waals surface area (Å²) in [6, 6.07) is 36.0. The monoisotopic (exact) mass is 414 g/mol. The lowest BCUT2D eigenvalue weighted by Crippen LogP contribution is -2.25. The van der Waals surface area contributed by atoms with Crippen LogP contribution in [-0.4, -0.2) is 15.8 Å². The van der Waals surface area contributed by atoms with Crippen LogP contribution < -0.4 is 0 Å². The van der Waals surface area contributed by atoms with Crippen molar-refractivity contribution in [3.8, 4) is 0 Å². The first-order chi connectivity index (χ1) is 15.8. The van der Waals surface area contributed by atoms with Gasteiger partial charge in [0.2, 0.25) is 0 Å². The van der Waals surface area contributed by atoms with Crippen molar-refractivity contribution in [3.63, 3.8) is 0 Å². The van der Waals surface area contributed by atoms with Gasteiger partial charge in [-0.25, -0.2) is 0 Å². The van der Waals surface area contributed by atoms with Crippen molar-refractivity contribution in [2.75, 3.05) is 0 Å². The van der Waals surface area contributed by atoms with Crippen LogP contribution in [0.15, 0.2) is 121 Å². The lowest BCUT2D eigenvalue weighted by atomic mass is 9.94. The molecule has 1 aliphatic heterocycles. The minimum Gasteiger partial charge on any atom is -0.302 e. The van der Waals surface area contributed by atoms with E-state index >= 15 is 0 Å². The molecule has 3 heteroatoms. The number of benzene rings is 3. The molecule has 1 aliphatic rings. The molecule has 0 bridgehead atoms. The maximum absolute atomic E-state index is 13.9. The number of hydrogen-bond donors (Lipinski definition) is 0. The van der Waals surface area contributed by atoms with Crippen LogP contribution in [0.1, 0.15) is 22.4 Å². The van der Waals surface area contributed by atoms with Crippen LogP contribution in [0.2, 0.25) is 0 Å². The molecule has 3 nitrogen and oxygen atoms in total. The van der Waals surface area contributed by atoms with E-state index in [1.54, 1.807) is 6.20 Å². The van der Waals surface area contributed by atoms with Crippen LogP contribution in [0.5, 0.6) is 0 Å². The average Bonchev–Trinajstić information content (AvgIpc) is 3.12. The van der Waals surface area contributed by atoms with Crippen molar-refractivity contribution in [3.05, 3.63) is 143 Å². The van der Waals surface area contributed by atoms with Gasteiger partial charge >= 0.3 is 0 Å². The van der Waals surface area contributed by atoms with Crippen molar-refractivity contribution >= 4 is 23.1 Å². The molecule has 1 aromatic heterocycles. The molecular weight excluding hydrogens is 392 g/mol. The standard InChI is InChI=1S/C29H22N2O/c32-29-28(24-16-8-3-9-17-24)27(23-14-6-2-7-15-23)26(20-22-12-4-1-5-13-22)31(29)21-25-18-10-11-19-30-25/h1-20H,21H2/b26-20-. The first kappa shape index (κ1) is 19.7. The van der Waals surface area contributed by atoms with Gasteiger partial charge in [0.25, 0.3) is 5.91 Å². The Morgan fingerprint density at radius 2 is 1.22 bits per heavy atom. The maximum Gasteiger partial charge on any atom is 0.259 e. The van der Waals surface area contributed by atoms with Gasteiger partial charge < -0.3 is 4.90 Å². The van der Waals surface area contributed by atoms with Crippen molar-refractivity contribution in [1.29, 1.82) is 0 Å². The van der Waals surface area contributed by atoms with Crippen LogP contribution in [0.3, 0.4) is 0 Å². The van der Waals surface area contributed by atoms with Crippen LogP contribution in [-0.2, 0) is 11.3 Å². The maximum atomic E-state index is 13.9. The largest absolute Gasteiger partial charge is 0.302 e. The van der Waals surface area contributed by atoms with Crippen molar-refractivity contribution in [2.24, 2.45) is 0 Å². The topological polar surface area (TPSA) is 33.2 Å². The van der Waals surface area contributed by atoms with E-state index in [1.807, 2.05) is 89.8 Å². The van der Waals surface area contributed by atoms with Gasteiger partial charge in [-0.15, -0.1) is 0 Å². The molecule has 5 rings (SSSR count). The fraction of sp³-hybridized carbons (Fsp3) is 0.0345. The Morgan fingerprint density at radius 1 is 0.656 bits per heavy atom. The third-order valence-electron chi connectivity index (χ3n) is 5.53. The van der Waals surface area contributed by atoms with E-state index in [2.05, 4.69) is 35.3 Å². The zero-order valence-corrected chi connectivity index (χ0v) is 17.6.